The highest BCUT2D eigenvalue weighted by atomic mass is 35.5. The Morgan fingerprint density at radius 1 is 1.18 bits per heavy atom. The maximum atomic E-state index is 12.9. The number of carbonyl (C=O) groups excluding carboxylic acids is 1. The van der Waals surface area contributed by atoms with Gasteiger partial charge in [-0.15, -0.1) is 0 Å². The molecular weight excluding hydrogens is 450 g/mol. The molecule has 34 heavy (non-hydrogen) atoms. The van der Waals surface area contributed by atoms with Crippen molar-refractivity contribution in [1.29, 1.82) is 0 Å². The zero-order chi connectivity index (χ0) is 23.7. The van der Waals surface area contributed by atoms with Crippen molar-refractivity contribution in [3.05, 3.63) is 65.6 Å². The maximum absolute atomic E-state index is 12.9. The molecule has 1 fully saturated rings. The molecule has 1 atom stereocenters. The number of carbonyl (C=O) groups is 1. The molecule has 8 heteroatoms. The largest absolute Gasteiger partial charge is 0.427 e. The van der Waals surface area contributed by atoms with E-state index in [1.54, 1.807) is 6.33 Å². The van der Waals surface area contributed by atoms with Gasteiger partial charge < -0.3 is 14.6 Å². The summed E-state index contributed by atoms with van der Waals surface area (Å²) in [5.41, 5.74) is 3.37. The normalized spacial score (nSPS) is 16.1. The molecule has 1 N–H and O–H groups in total. The lowest BCUT2D eigenvalue weighted by Gasteiger charge is -2.29. The fourth-order valence-electron chi connectivity index (χ4n) is 4.49. The first-order chi connectivity index (χ1) is 16.5. The third-order valence-electron chi connectivity index (χ3n) is 6.44. The number of benzene rings is 2. The molecule has 176 valence electrons. The van der Waals surface area contributed by atoms with Gasteiger partial charge >= 0.3 is 6.01 Å². The van der Waals surface area contributed by atoms with Crippen molar-refractivity contribution < 1.29 is 9.21 Å². The average molecular weight is 478 g/mol. The summed E-state index contributed by atoms with van der Waals surface area (Å²) in [6.07, 6.45) is 4.00. The molecule has 0 aliphatic carbocycles. The van der Waals surface area contributed by atoms with Gasteiger partial charge in [-0.2, -0.15) is 4.98 Å². The van der Waals surface area contributed by atoms with E-state index in [4.69, 9.17) is 21.0 Å². The molecule has 0 bridgehead atoms. The Kier molecular flexibility index (Phi) is 6.39. The van der Waals surface area contributed by atoms with E-state index in [2.05, 4.69) is 22.2 Å². The Morgan fingerprint density at radius 3 is 2.68 bits per heavy atom. The summed E-state index contributed by atoms with van der Waals surface area (Å²) in [6, 6.07) is 16.0. The van der Waals surface area contributed by atoms with Crippen molar-refractivity contribution >= 4 is 28.5 Å². The monoisotopic (exact) mass is 477 g/mol. The number of halogens is 1. The molecule has 4 aromatic rings. The number of oxazole rings is 1. The van der Waals surface area contributed by atoms with Crippen molar-refractivity contribution in [1.82, 2.24) is 24.8 Å². The van der Waals surface area contributed by atoms with E-state index in [1.807, 2.05) is 60.0 Å². The van der Waals surface area contributed by atoms with E-state index >= 15 is 0 Å². The third kappa shape index (κ3) is 4.72. The highest BCUT2D eigenvalue weighted by molar-refractivity contribution is 6.30. The second kappa shape index (κ2) is 9.60. The van der Waals surface area contributed by atoms with Gasteiger partial charge in [0.1, 0.15) is 17.8 Å². The third-order valence-corrected chi connectivity index (χ3v) is 6.69. The van der Waals surface area contributed by atoms with Crippen molar-refractivity contribution in [2.24, 2.45) is 0 Å². The highest BCUT2D eigenvalue weighted by Crippen LogP contribution is 2.34. The van der Waals surface area contributed by atoms with Crippen LogP contribution in [0.15, 0.2) is 59.3 Å². The Hall–Kier alpha value is -3.16. The van der Waals surface area contributed by atoms with Crippen LogP contribution in [0.2, 0.25) is 5.02 Å². The Bertz CT molecular complexity index is 1290. The van der Waals surface area contributed by atoms with Crippen LogP contribution in [0.4, 0.5) is 0 Å². The molecule has 1 aliphatic heterocycles. The highest BCUT2D eigenvalue weighted by Gasteiger charge is 2.25. The summed E-state index contributed by atoms with van der Waals surface area (Å²) in [4.78, 5) is 24.4. The Balaban J connectivity index is 1.44. The van der Waals surface area contributed by atoms with Crippen LogP contribution in [0.1, 0.15) is 37.9 Å². The SMILES string of the molecule is CC(CC(=O)NC1CCN(C)CC1)c1oc(-n2cnc3ccccc32)nc1-c1ccc(Cl)cc1. The van der Waals surface area contributed by atoms with Gasteiger partial charge in [0.05, 0.1) is 11.0 Å². The summed E-state index contributed by atoms with van der Waals surface area (Å²) < 4.78 is 8.15. The zero-order valence-corrected chi connectivity index (χ0v) is 20.1. The number of para-hydroxylation sites is 2. The van der Waals surface area contributed by atoms with E-state index in [1.165, 1.54) is 0 Å². The zero-order valence-electron chi connectivity index (χ0n) is 19.4. The average Bonchev–Trinajstić information content (AvgIpc) is 3.46. The summed E-state index contributed by atoms with van der Waals surface area (Å²) >= 11 is 6.11. The molecule has 1 aliphatic rings. The van der Waals surface area contributed by atoms with Crippen LogP contribution in [0.25, 0.3) is 28.3 Å². The van der Waals surface area contributed by atoms with Crippen LogP contribution in [0.3, 0.4) is 0 Å². The van der Waals surface area contributed by atoms with Crippen molar-refractivity contribution in [2.45, 2.75) is 38.1 Å². The molecule has 5 rings (SSSR count). The molecule has 0 saturated carbocycles. The lowest BCUT2D eigenvalue weighted by molar-refractivity contribution is -0.122. The van der Waals surface area contributed by atoms with Crippen LogP contribution in [-0.4, -0.2) is 51.5 Å². The molecule has 2 aromatic heterocycles. The van der Waals surface area contributed by atoms with Crippen molar-refractivity contribution in [3.63, 3.8) is 0 Å². The second-order valence-electron chi connectivity index (χ2n) is 9.07. The molecule has 1 amide bonds. The smallest absolute Gasteiger partial charge is 0.308 e. The maximum Gasteiger partial charge on any atom is 0.308 e. The van der Waals surface area contributed by atoms with E-state index in [0.29, 0.717) is 28.9 Å². The minimum atomic E-state index is -0.159. The van der Waals surface area contributed by atoms with Gasteiger partial charge in [0.2, 0.25) is 5.91 Å². The number of hydrogen-bond acceptors (Lipinski definition) is 5. The summed E-state index contributed by atoms with van der Waals surface area (Å²) in [5.74, 6) is 0.553. The van der Waals surface area contributed by atoms with Crippen molar-refractivity contribution in [2.75, 3.05) is 20.1 Å². The minimum absolute atomic E-state index is 0.0372. The number of rotatable bonds is 6. The van der Waals surface area contributed by atoms with Gasteiger partial charge in [0.15, 0.2) is 0 Å². The number of nitrogens with zero attached hydrogens (tertiary/aromatic N) is 4. The van der Waals surface area contributed by atoms with Gasteiger partial charge in [-0.25, -0.2) is 4.98 Å². The number of aromatic nitrogens is 3. The van der Waals surface area contributed by atoms with Gasteiger partial charge in [-0.1, -0.05) is 42.8 Å². The van der Waals surface area contributed by atoms with Gasteiger partial charge in [-0.3, -0.25) is 9.36 Å². The molecule has 2 aromatic carbocycles. The molecular formula is C26H28ClN5O2. The number of likely N-dealkylation sites (tertiary alicyclic amines) is 1. The lowest BCUT2D eigenvalue weighted by atomic mass is 9.98. The molecule has 0 radical (unpaired) electrons. The number of imidazole rings is 1. The number of fused-ring (bicyclic) bond motifs is 1. The topological polar surface area (TPSA) is 76.2 Å². The van der Waals surface area contributed by atoms with Crippen LogP contribution in [-0.2, 0) is 4.79 Å². The molecule has 3 heterocycles. The number of nitrogens with one attached hydrogen (secondary N) is 1. The van der Waals surface area contributed by atoms with E-state index < -0.39 is 0 Å². The summed E-state index contributed by atoms with van der Waals surface area (Å²) in [5, 5.41) is 3.86. The summed E-state index contributed by atoms with van der Waals surface area (Å²) in [6.45, 7) is 4.01. The number of piperidine rings is 1. The fourth-order valence-corrected chi connectivity index (χ4v) is 4.62. The lowest BCUT2D eigenvalue weighted by Crippen LogP contribution is -2.43. The first-order valence-electron chi connectivity index (χ1n) is 11.6. The molecule has 1 unspecified atom stereocenters. The Labute approximate surface area is 203 Å². The minimum Gasteiger partial charge on any atom is -0.427 e. The molecule has 0 spiro atoms. The first kappa shape index (κ1) is 22.6. The number of amides is 1. The van der Waals surface area contributed by atoms with Gasteiger partial charge in [0, 0.05) is 29.0 Å². The number of hydrogen-bond donors (Lipinski definition) is 1. The van der Waals surface area contributed by atoms with E-state index in [-0.39, 0.29) is 17.9 Å². The van der Waals surface area contributed by atoms with Crippen LogP contribution in [0, 0.1) is 0 Å². The Morgan fingerprint density at radius 2 is 1.91 bits per heavy atom. The van der Waals surface area contributed by atoms with E-state index in [9.17, 15) is 4.79 Å². The van der Waals surface area contributed by atoms with Crippen LogP contribution >= 0.6 is 11.6 Å². The van der Waals surface area contributed by atoms with Gasteiger partial charge in [-0.05, 0) is 57.2 Å². The quantitative estimate of drug-likeness (QED) is 0.421. The predicted octanol–water partition coefficient (Wildman–Crippen LogP) is 5.04. The van der Waals surface area contributed by atoms with Crippen molar-refractivity contribution in [3.8, 4) is 17.3 Å². The van der Waals surface area contributed by atoms with Crippen LogP contribution in [0.5, 0.6) is 0 Å². The van der Waals surface area contributed by atoms with E-state index in [0.717, 1.165) is 42.5 Å². The predicted molar refractivity (Wildman–Crippen MR) is 133 cm³/mol. The fraction of sp³-hybridized carbons (Fsp3) is 0.346. The molecule has 7 nitrogen and oxygen atoms in total. The first-order valence-corrected chi connectivity index (χ1v) is 12.0. The standard InChI is InChI=1S/C26H28ClN5O2/c1-17(15-23(33)29-20-11-13-31(2)14-12-20)25-24(18-7-9-19(27)10-8-18)30-26(34-25)32-16-28-21-5-3-4-6-22(21)32/h3-10,16-17,20H,11-15H2,1-2H3,(H,29,33). The van der Waals surface area contributed by atoms with Gasteiger partial charge in [0.25, 0.3) is 0 Å². The van der Waals surface area contributed by atoms with Crippen LogP contribution < -0.4 is 5.32 Å². The second-order valence-corrected chi connectivity index (χ2v) is 9.51. The summed E-state index contributed by atoms with van der Waals surface area (Å²) in [7, 11) is 2.11. The molecule has 1 saturated heterocycles.